The van der Waals surface area contributed by atoms with Crippen molar-refractivity contribution in [2.45, 2.75) is 13.3 Å². The van der Waals surface area contributed by atoms with Gasteiger partial charge in [-0.05, 0) is 48.9 Å². The van der Waals surface area contributed by atoms with Crippen LogP contribution in [0.15, 0.2) is 48.5 Å². The molecule has 0 amide bonds. The van der Waals surface area contributed by atoms with E-state index >= 15 is 0 Å². The van der Waals surface area contributed by atoms with Crippen LogP contribution >= 0.6 is 0 Å². The number of phenols is 2. The minimum Gasteiger partial charge on any atom is -0.508 e. The average molecular weight is 259 g/mol. The molecule has 0 bridgehead atoms. The first-order chi connectivity index (χ1) is 8.97. The highest BCUT2D eigenvalue weighted by molar-refractivity contribution is 5.78. The van der Waals surface area contributed by atoms with Gasteiger partial charge in [0.2, 0.25) is 0 Å². The Morgan fingerprint density at radius 2 is 1.37 bits per heavy atom. The molecule has 0 atom stereocenters. The number of ketones is 1. The molecule has 2 aromatic carbocycles. The van der Waals surface area contributed by atoms with Crippen LogP contribution in [-0.2, 0) is 11.2 Å². The van der Waals surface area contributed by atoms with Gasteiger partial charge in [-0.25, -0.2) is 0 Å². The summed E-state index contributed by atoms with van der Waals surface area (Å²) < 4.78 is 0. The van der Waals surface area contributed by atoms with E-state index in [1.54, 1.807) is 55.5 Å². The summed E-state index contributed by atoms with van der Waals surface area (Å²) in [6.45, 7) is 1.55. The Kier molecular flexibility index (Phi) is 5.41. The van der Waals surface area contributed by atoms with Crippen LogP contribution in [0.2, 0.25) is 0 Å². The summed E-state index contributed by atoms with van der Waals surface area (Å²) in [5.41, 5.74) is 6.92. The van der Waals surface area contributed by atoms with E-state index < -0.39 is 0 Å². The first-order valence-electron chi connectivity index (χ1n) is 5.79. The normalized spacial score (nSPS) is 9.32. The fourth-order valence-electron chi connectivity index (χ4n) is 1.38. The molecule has 4 heteroatoms. The van der Waals surface area contributed by atoms with Crippen LogP contribution in [0.1, 0.15) is 12.5 Å². The summed E-state index contributed by atoms with van der Waals surface area (Å²) in [4.78, 5) is 10.6. The zero-order chi connectivity index (χ0) is 14.3. The van der Waals surface area contributed by atoms with E-state index in [0.29, 0.717) is 12.1 Å². The van der Waals surface area contributed by atoms with Gasteiger partial charge in [-0.1, -0.05) is 12.1 Å². The summed E-state index contributed by atoms with van der Waals surface area (Å²) in [6, 6.07) is 13.1. The molecule has 0 saturated heterocycles. The number of nitrogens with two attached hydrogens (primary N) is 1. The smallest absolute Gasteiger partial charge is 0.134 e. The first kappa shape index (κ1) is 14.6. The van der Waals surface area contributed by atoms with E-state index in [9.17, 15) is 4.79 Å². The molecule has 0 unspecified atom stereocenters. The van der Waals surface area contributed by atoms with E-state index in [1.165, 1.54) is 0 Å². The van der Waals surface area contributed by atoms with Crippen molar-refractivity contribution < 1.29 is 15.0 Å². The molecule has 2 rings (SSSR count). The number of benzene rings is 2. The molecule has 0 aliphatic rings. The standard InChI is InChI=1S/C9H10O2.C6H7NO/c1-7(10)6-8-2-4-9(11)5-3-8;7-5-1-3-6(8)4-2-5/h2-5,11H,6H2,1H3;1-4,8H,7H2. The second-order valence-corrected chi connectivity index (χ2v) is 4.14. The van der Waals surface area contributed by atoms with Crippen molar-refractivity contribution in [1.82, 2.24) is 0 Å². The molecule has 0 fully saturated rings. The molecule has 0 aromatic heterocycles. The number of carbonyl (C=O) groups is 1. The van der Waals surface area contributed by atoms with Gasteiger partial charge in [-0.3, -0.25) is 4.79 Å². The van der Waals surface area contributed by atoms with E-state index in [4.69, 9.17) is 15.9 Å². The number of phenolic OH excluding ortho intramolecular Hbond substituents is 2. The molecule has 0 saturated carbocycles. The molecule has 0 spiro atoms. The van der Waals surface area contributed by atoms with Crippen LogP contribution in [0.5, 0.6) is 11.5 Å². The minimum absolute atomic E-state index is 0.135. The Labute approximate surface area is 112 Å². The van der Waals surface area contributed by atoms with Gasteiger partial charge >= 0.3 is 0 Å². The largest absolute Gasteiger partial charge is 0.508 e. The Morgan fingerprint density at radius 1 is 0.947 bits per heavy atom. The van der Waals surface area contributed by atoms with E-state index in [1.807, 2.05) is 0 Å². The summed E-state index contributed by atoms with van der Waals surface area (Å²) in [5, 5.41) is 17.6. The fourth-order valence-corrected chi connectivity index (χ4v) is 1.38. The molecule has 0 aliphatic heterocycles. The Hall–Kier alpha value is -2.49. The molecule has 19 heavy (non-hydrogen) atoms. The minimum atomic E-state index is 0.135. The van der Waals surface area contributed by atoms with E-state index in [-0.39, 0.29) is 17.3 Å². The Bertz CT molecular complexity index is 497. The lowest BCUT2D eigenvalue weighted by Crippen LogP contribution is -1.94. The van der Waals surface area contributed by atoms with Crippen LogP contribution in [0.4, 0.5) is 5.69 Å². The molecule has 0 aliphatic carbocycles. The van der Waals surface area contributed by atoms with Gasteiger partial charge in [-0.15, -0.1) is 0 Å². The van der Waals surface area contributed by atoms with Gasteiger partial charge in [0.1, 0.15) is 17.3 Å². The quantitative estimate of drug-likeness (QED) is 0.571. The number of anilines is 1. The highest BCUT2D eigenvalue weighted by Gasteiger charge is 1.96. The molecule has 100 valence electrons. The maximum Gasteiger partial charge on any atom is 0.134 e. The average Bonchev–Trinajstić information content (AvgIpc) is 2.36. The molecule has 4 N–H and O–H groups in total. The van der Waals surface area contributed by atoms with Crippen molar-refractivity contribution in [3.63, 3.8) is 0 Å². The molecule has 4 nitrogen and oxygen atoms in total. The summed E-state index contributed by atoms with van der Waals surface area (Å²) in [5.74, 6) is 0.618. The van der Waals surface area contributed by atoms with Crippen LogP contribution in [0, 0.1) is 0 Å². The van der Waals surface area contributed by atoms with Crippen LogP contribution in [0.25, 0.3) is 0 Å². The van der Waals surface area contributed by atoms with Gasteiger partial charge in [0.15, 0.2) is 0 Å². The highest BCUT2D eigenvalue weighted by Crippen LogP contribution is 2.10. The molecule has 2 aromatic rings. The SMILES string of the molecule is CC(=O)Cc1ccc(O)cc1.Nc1ccc(O)cc1. The number of Topliss-reactive ketones (excluding diaryl/α,β-unsaturated/α-hetero) is 1. The lowest BCUT2D eigenvalue weighted by molar-refractivity contribution is -0.116. The lowest BCUT2D eigenvalue weighted by atomic mass is 10.1. The maximum absolute atomic E-state index is 10.6. The topological polar surface area (TPSA) is 83.5 Å². The van der Waals surface area contributed by atoms with Crippen molar-refractivity contribution in [1.29, 1.82) is 0 Å². The second kappa shape index (κ2) is 7.06. The fraction of sp³-hybridized carbons (Fsp3) is 0.133. The van der Waals surface area contributed by atoms with Gasteiger partial charge in [0.25, 0.3) is 0 Å². The third kappa shape index (κ3) is 6.12. The van der Waals surface area contributed by atoms with Crippen LogP contribution in [0.3, 0.4) is 0 Å². The van der Waals surface area contributed by atoms with Crippen molar-refractivity contribution in [3.8, 4) is 11.5 Å². The third-order valence-electron chi connectivity index (χ3n) is 2.28. The van der Waals surface area contributed by atoms with Gasteiger partial charge in [0.05, 0.1) is 0 Å². The lowest BCUT2D eigenvalue weighted by Gasteiger charge is -1.96. The van der Waals surface area contributed by atoms with Crippen molar-refractivity contribution in [3.05, 3.63) is 54.1 Å². The van der Waals surface area contributed by atoms with E-state index in [0.717, 1.165) is 5.56 Å². The predicted molar refractivity (Wildman–Crippen MR) is 75.0 cm³/mol. The van der Waals surface area contributed by atoms with Crippen LogP contribution < -0.4 is 5.73 Å². The molecular weight excluding hydrogens is 242 g/mol. The zero-order valence-corrected chi connectivity index (χ0v) is 10.7. The Balaban J connectivity index is 0.000000200. The maximum atomic E-state index is 10.6. The molecule has 0 radical (unpaired) electrons. The van der Waals surface area contributed by atoms with Gasteiger partial charge in [0, 0.05) is 12.1 Å². The Morgan fingerprint density at radius 3 is 1.74 bits per heavy atom. The number of hydrogen-bond donors (Lipinski definition) is 3. The van der Waals surface area contributed by atoms with Crippen LogP contribution in [-0.4, -0.2) is 16.0 Å². The second-order valence-electron chi connectivity index (χ2n) is 4.14. The summed E-state index contributed by atoms with van der Waals surface area (Å²) in [6.07, 6.45) is 0.445. The zero-order valence-electron chi connectivity index (χ0n) is 10.7. The monoisotopic (exact) mass is 259 g/mol. The van der Waals surface area contributed by atoms with Crippen molar-refractivity contribution in [2.24, 2.45) is 0 Å². The highest BCUT2D eigenvalue weighted by atomic mass is 16.3. The predicted octanol–water partition coefficient (Wildman–Crippen LogP) is 2.50. The van der Waals surface area contributed by atoms with E-state index in [2.05, 4.69) is 0 Å². The number of hydrogen-bond acceptors (Lipinski definition) is 4. The van der Waals surface area contributed by atoms with Crippen molar-refractivity contribution in [2.75, 3.05) is 5.73 Å². The molecule has 0 heterocycles. The van der Waals surface area contributed by atoms with Crippen molar-refractivity contribution >= 4 is 11.5 Å². The number of carbonyl (C=O) groups excluding carboxylic acids is 1. The molecular formula is C15H17NO3. The third-order valence-corrected chi connectivity index (χ3v) is 2.28. The summed E-state index contributed by atoms with van der Waals surface area (Å²) in [7, 11) is 0. The summed E-state index contributed by atoms with van der Waals surface area (Å²) >= 11 is 0. The number of aromatic hydroxyl groups is 2. The first-order valence-corrected chi connectivity index (χ1v) is 5.79. The van der Waals surface area contributed by atoms with Gasteiger partial charge in [-0.2, -0.15) is 0 Å². The van der Waals surface area contributed by atoms with Gasteiger partial charge < -0.3 is 15.9 Å². The number of rotatable bonds is 2. The number of nitrogen functional groups attached to an aromatic ring is 1.